The zero-order chi connectivity index (χ0) is 16.2. The van der Waals surface area contributed by atoms with Crippen LogP contribution in [0.25, 0.3) is 0 Å². The normalized spacial score (nSPS) is 32.1. The predicted molar refractivity (Wildman–Crippen MR) is 63.5 cm³/mol. The summed E-state index contributed by atoms with van der Waals surface area (Å²) in [5.41, 5.74) is 0. The Balaban J connectivity index is 3.08. The molecule has 8 nitrogen and oxygen atoms in total. The van der Waals surface area contributed by atoms with Crippen LogP contribution >= 0.6 is 0 Å². The Kier molecular flexibility index (Phi) is 6.03. The molecule has 0 saturated carbocycles. The van der Waals surface area contributed by atoms with Crippen molar-refractivity contribution < 1.29 is 42.8 Å². The first-order chi connectivity index (χ1) is 9.76. The van der Waals surface area contributed by atoms with Gasteiger partial charge in [0, 0.05) is 20.8 Å². The van der Waals surface area contributed by atoms with E-state index in [0.717, 1.165) is 20.8 Å². The number of aliphatic hydroxyl groups excluding tert-OH is 1. The van der Waals surface area contributed by atoms with E-state index in [9.17, 15) is 23.9 Å². The lowest BCUT2D eigenvalue weighted by Gasteiger charge is -2.42. The monoisotopic (exact) mass is 308 g/mol. The Bertz CT molecular complexity index is 412. The van der Waals surface area contributed by atoms with Crippen LogP contribution in [0.2, 0.25) is 0 Å². The van der Waals surface area contributed by atoms with Crippen molar-refractivity contribution in [3.05, 3.63) is 0 Å². The molecule has 1 rings (SSSR count). The molecule has 21 heavy (non-hydrogen) atoms. The first kappa shape index (κ1) is 17.3. The molecule has 0 unspecified atom stereocenters. The molecule has 0 amide bonds. The largest absolute Gasteiger partial charge is 0.456 e. The van der Waals surface area contributed by atoms with Gasteiger partial charge in [-0.2, -0.15) is 0 Å². The number of carbonyl (C=O) groups excluding carboxylic acids is 3. The van der Waals surface area contributed by atoms with Crippen LogP contribution in [0.15, 0.2) is 0 Å². The molecule has 0 aromatic carbocycles. The summed E-state index contributed by atoms with van der Waals surface area (Å²) in [7, 11) is 0. The number of ether oxygens (including phenoxy) is 4. The van der Waals surface area contributed by atoms with Crippen LogP contribution in [0.3, 0.4) is 0 Å². The van der Waals surface area contributed by atoms with Crippen molar-refractivity contribution in [1.29, 1.82) is 0 Å². The number of hydrogen-bond donors (Lipinski definition) is 1. The van der Waals surface area contributed by atoms with Gasteiger partial charge in [-0.1, -0.05) is 0 Å². The van der Waals surface area contributed by atoms with Crippen molar-refractivity contribution in [2.24, 2.45) is 0 Å². The smallest absolute Gasteiger partial charge is 0.303 e. The first-order valence-electron chi connectivity index (χ1n) is 6.17. The Labute approximate surface area is 120 Å². The van der Waals surface area contributed by atoms with Gasteiger partial charge < -0.3 is 24.1 Å². The highest BCUT2D eigenvalue weighted by Gasteiger charge is 2.51. The number of alkyl halides is 1. The summed E-state index contributed by atoms with van der Waals surface area (Å²) in [5, 5.41) is 9.76. The lowest BCUT2D eigenvalue weighted by molar-refractivity contribution is -0.292. The molecule has 1 aliphatic rings. The van der Waals surface area contributed by atoms with Gasteiger partial charge >= 0.3 is 17.9 Å². The van der Waals surface area contributed by atoms with Crippen LogP contribution < -0.4 is 0 Å². The van der Waals surface area contributed by atoms with E-state index in [4.69, 9.17) is 18.9 Å². The fourth-order valence-corrected chi connectivity index (χ4v) is 2.00. The maximum Gasteiger partial charge on any atom is 0.303 e. The average Bonchev–Trinajstić information content (AvgIpc) is 2.35. The van der Waals surface area contributed by atoms with Crippen molar-refractivity contribution in [3.8, 4) is 0 Å². The van der Waals surface area contributed by atoms with Gasteiger partial charge in [-0.25, -0.2) is 4.39 Å². The summed E-state index contributed by atoms with van der Waals surface area (Å²) in [6.07, 6.45) is -7.21. The SMILES string of the molecule is CC(=O)O[C@@H]1[C@@H](OC(C)=O)[C@H](O)O[C@H](CF)[C@H]1OC(C)=O. The number of aliphatic hydroxyl groups is 1. The second-order valence-electron chi connectivity index (χ2n) is 4.44. The third-order valence-electron chi connectivity index (χ3n) is 2.67. The molecule has 0 aromatic rings. The van der Waals surface area contributed by atoms with Gasteiger partial charge in [-0.3, -0.25) is 14.4 Å². The van der Waals surface area contributed by atoms with E-state index in [0.29, 0.717) is 0 Å². The Morgan fingerprint density at radius 1 is 0.952 bits per heavy atom. The fourth-order valence-electron chi connectivity index (χ4n) is 2.00. The summed E-state index contributed by atoms with van der Waals surface area (Å²) in [4.78, 5) is 33.3. The van der Waals surface area contributed by atoms with E-state index >= 15 is 0 Å². The summed E-state index contributed by atoms with van der Waals surface area (Å²) in [6.45, 7) is 2.12. The topological polar surface area (TPSA) is 108 Å². The zero-order valence-electron chi connectivity index (χ0n) is 11.8. The number of carbonyl (C=O) groups is 3. The summed E-state index contributed by atoms with van der Waals surface area (Å²) in [5.74, 6) is -2.32. The molecule has 1 N–H and O–H groups in total. The zero-order valence-corrected chi connectivity index (χ0v) is 11.8. The third-order valence-corrected chi connectivity index (χ3v) is 2.67. The molecule has 9 heteroatoms. The molecule has 0 spiro atoms. The summed E-state index contributed by atoms with van der Waals surface area (Å²) < 4.78 is 32.5. The van der Waals surface area contributed by atoms with Crippen LogP contribution in [-0.2, 0) is 33.3 Å². The lowest BCUT2D eigenvalue weighted by Crippen LogP contribution is -2.61. The molecule has 0 radical (unpaired) electrons. The predicted octanol–water partition coefficient (Wildman–Crippen LogP) is -0.532. The van der Waals surface area contributed by atoms with Gasteiger partial charge in [0.2, 0.25) is 0 Å². The molecule has 0 bridgehead atoms. The Morgan fingerprint density at radius 3 is 1.81 bits per heavy atom. The molecule has 1 aliphatic heterocycles. The minimum atomic E-state index is -1.72. The van der Waals surface area contributed by atoms with Crippen LogP contribution in [0.4, 0.5) is 4.39 Å². The van der Waals surface area contributed by atoms with Crippen LogP contribution in [0.1, 0.15) is 20.8 Å². The van der Waals surface area contributed by atoms with E-state index in [2.05, 4.69) is 0 Å². The van der Waals surface area contributed by atoms with Gasteiger partial charge in [-0.15, -0.1) is 0 Å². The fraction of sp³-hybridized carbons (Fsp3) is 0.750. The highest BCUT2D eigenvalue weighted by atomic mass is 19.1. The van der Waals surface area contributed by atoms with Gasteiger partial charge in [0.05, 0.1) is 0 Å². The van der Waals surface area contributed by atoms with E-state index < -0.39 is 55.3 Å². The molecule has 1 heterocycles. The highest BCUT2D eigenvalue weighted by molar-refractivity contribution is 5.68. The molecule has 0 aliphatic carbocycles. The average molecular weight is 308 g/mol. The van der Waals surface area contributed by atoms with Crippen LogP contribution in [0, 0.1) is 0 Å². The number of halogens is 1. The van der Waals surface area contributed by atoms with Crippen molar-refractivity contribution in [1.82, 2.24) is 0 Å². The molecule has 120 valence electrons. The van der Waals surface area contributed by atoms with E-state index in [1.165, 1.54) is 0 Å². The number of rotatable bonds is 4. The molecular formula is C12H17FO8. The van der Waals surface area contributed by atoms with Crippen molar-refractivity contribution in [2.45, 2.75) is 51.5 Å². The second-order valence-corrected chi connectivity index (χ2v) is 4.44. The van der Waals surface area contributed by atoms with E-state index in [1.807, 2.05) is 0 Å². The number of hydrogen-bond acceptors (Lipinski definition) is 8. The van der Waals surface area contributed by atoms with Crippen molar-refractivity contribution in [3.63, 3.8) is 0 Å². The summed E-state index contributed by atoms with van der Waals surface area (Å²) >= 11 is 0. The van der Waals surface area contributed by atoms with Gasteiger partial charge in [0.15, 0.2) is 24.6 Å². The minimum absolute atomic E-state index is 0.767. The Hall–Kier alpha value is -1.74. The minimum Gasteiger partial charge on any atom is -0.456 e. The molecule has 5 atom stereocenters. The van der Waals surface area contributed by atoms with Gasteiger partial charge in [0.25, 0.3) is 0 Å². The molecule has 1 fully saturated rings. The van der Waals surface area contributed by atoms with Gasteiger partial charge in [-0.05, 0) is 0 Å². The van der Waals surface area contributed by atoms with E-state index in [1.54, 1.807) is 0 Å². The highest BCUT2D eigenvalue weighted by Crippen LogP contribution is 2.28. The summed E-state index contributed by atoms with van der Waals surface area (Å²) in [6, 6.07) is 0. The van der Waals surface area contributed by atoms with Crippen LogP contribution in [0.5, 0.6) is 0 Å². The first-order valence-corrected chi connectivity index (χ1v) is 6.17. The quantitative estimate of drug-likeness (QED) is 0.545. The second kappa shape index (κ2) is 7.32. The molecule has 1 saturated heterocycles. The van der Waals surface area contributed by atoms with Gasteiger partial charge in [0.1, 0.15) is 12.8 Å². The molecule has 0 aromatic heterocycles. The number of esters is 3. The van der Waals surface area contributed by atoms with Crippen LogP contribution in [-0.4, -0.2) is 60.4 Å². The maximum absolute atomic E-state index is 13.0. The van der Waals surface area contributed by atoms with Crippen molar-refractivity contribution in [2.75, 3.05) is 6.67 Å². The van der Waals surface area contributed by atoms with Crippen molar-refractivity contribution >= 4 is 17.9 Å². The molecular weight excluding hydrogens is 291 g/mol. The lowest BCUT2D eigenvalue weighted by atomic mass is 9.98. The maximum atomic E-state index is 13.0. The van der Waals surface area contributed by atoms with E-state index in [-0.39, 0.29) is 0 Å². The standard InChI is InChI=1S/C12H17FO8/c1-5(14)18-9-8(4-13)21-12(17)11(20-7(3)16)10(9)19-6(2)15/h8-12,17H,4H2,1-3H3/t8-,9-,10+,11-,12-/m1/s1. The third kappa shape index (κ3) is 4.64. The Morgan fingerprint density at radius 2 is 1.38 bits per heavy atom.